The minimum absolute atomic E-state index is 0.0195. The van der Waals surface area contributed by atoms with Gasteiger partial charge in [-0.05, 0) is 18.6 Å². The summed E-state index contributed by atoms with van der Waals surface area (Å²) in [5.41, 5.74) is 1.17. The highest BCUT2D eigenvalue weighted by atomic mass is 32.2. The number of Topliss-reactive ketones (excluding diaryl/α,β-unsaturated/α-hetero) is 1. The van der Waals surface area contributed by atoms with Gasteiger partial charge < -0.3 is 0 Å². The van der Waals surface area contributed by atoms with Gasteiger partial charge in [-0.2, -0.15) is 0 Å². The van der Waals surface area contributed by atoms with E-state index in [1.807, 2.05) is 13.8 Å². The van der Waals surface area contributed by atoms with Gasteiger partial charge in [-0.25, -0.2) is 0 Å². The van der Waals surface area contributed by atoms with Crippen LogP contribution in [0.15, 0.2) is 29.2 Å². The Morgan fingerprint density at radius 1 is 1.33 bits per heavy atom. The van der Waals surface area contributed by atoms with Crippen molar-refractivity contribution in [3.05, 3.63) is 35.4 Å². The van der Waals surface area contributed by atoms with Crippen LogP contribution in [0.25, 0.3) is 6.08 Å². The molecule has 0 saturated carbocycles. The second-order valence-electron chi connectivity index (χ2n) is 4.31. The summed E-state index contributed by atoms with van der Waals surface area (Å²) in [4.78, 5) is 12.5. The van der Waals surface area contributed by atoms with E-state index in [1.54, 1.807) is 24.3 Å². The van der Waals surface area contributed by atoms with Crippen molar-refractivity contribution in [1.29, 1.82) is 5.41 Å². The molecule has 94 valence electrons. The molecule has 0 heterocycles. The summed E-state index contributed by atoms with van der Waals surface area (Å²) in [6, 6.07) is 5.22. The first-order chi connectivity index (χ1) is 8.56. The SMILES string of the molecule is CCC(C)S(=O)c1cccc2c1C=CC(=N)C2=O. The predicted octanol–water partition coefficient (Wildman–Crippen LogP) is 2.82. The summed E-state index contributed by atoms with van der Waals surface area (Å²) in [6.45, 7) is 3.93. The fourth-order valence-corrected chi connectivity index (χ4v) is 3.19. The van der Waals surface area contributed by atoms with E-state index in [9.17, 15) is 9.00 Å². The molecule has 0 spiro atoms. The van der Waals surface area contributed by atoms with E-state index < -0.39 is 10.8 Å². The maximum atomic E-state index is 12.3. The maximum absolute atomic E-state index is 12.3. The molecule has 0 aromatic heterocycles. The second kappa shape index (κ2) is 4.98. The van der Waals surface area contributed by atoms with E-state index >= 15 is 0 Å². The first-order valence-corrected chi connectivity index (χ1v) is 7.12. The zero-order valence-electron chi connectivity index (χ0n) is 10.4. The monoisotopic (exact) mass is 261 g/mol. The minimum atomic E-state index is -1.12. The molecule has 4 heteroatoms. The van der Waals surface area contributed by atoms with Crippen molar-refractivity contribution in [2.24, 2.45) is 0 Å². The van der Waals surface area contributed by atoms with Gasteiger partial charge in [0.1, 0.15) is 5.71 Å². The van der Waals surface area contributed by atoms with Crippen molar-refractivity contribution < 1.29 is 9.00 Å². The quantitative estimate of drug-likeness (QED) is 0.909. The fraction of sp³-hybridized carbons (Fsp3) is 0.286. The van der Waals surface area contributed by atoms with Crippen molar-refractivity contribution in [2.75, 3.05) is 0 Å². The lowest BCUT2D eigenvalue weighted by atomic mass is 9.95. The van der Waals surface area contributed by atoms with E-state index in [0.29, 0.717) is 16.0 Å². The van der Waals surface area contributed by atoms with Crippen LogP contribution in [0.1, 0.15) is 36.2 Å². The highest BCUT2D eigenvalue weighted by Crippen LogP contribution is 2.26. The van der Waals surface area contributed by atoms with Crippen molar-refractivity contribution in [3.8, 4) is 0 Å². The van der Waals surface area contributed by atoms with E-state index in [4.69, 9.17) is 5.41 Å². The van der Waals surface area contributed by atoms with Gasteiger partial charge in [0.05, 0.1) is 10.8 Å². The molecule has 0 saturated heterocycles. The lowest BCUT2D eigenvalue weighted by Gasteiger charge is -2.16. The van der Waals surface area contributed by atoms with E-state index in [2.05, 4.69) is 0 Å². The largest absolute Gasteiger partial charge is 0.297 e. The normalized spacial score (nSPS) is 17.4. The molecule has 2 rings (SSSR count). The molecule has 0 fully saturated rings. The highest BCUT2D eigenvalue weighted by Gasteiger charge is 2.23. The highest BCUT2D eigenvalue weighted by molar-refractivity contribution is 7.85. The maximum Gasteiger partial charge on any atom is 0.211 e. The van der Waals surface area contributed by atoms with Crippen LogP contribution in [-0.2, 0) is 10.8 Å². The molecular weight excluding hydrogens is 246 g/mol. The minimum Gasteiger partial charge on any atom is -0.297 e. The standard InChI is InChI=1S/C14H15NO2S/c1-3-9(2)18(17)13-6-4-5-11-10(13)7-8-12(15)14(11)16/h4-9,15H,3H2,1-2H3. The smallest absolute Gasteiger partial charge is 0.211 e. The summed E-state index contributed by atoms with van der Waals surface area (Å²) in [6.07, 6.45) is 4.01. The summed E-state index contributed by atoms with van der Waals surface area (Å²) in [5.74, 6) is -0.296. The van der Waals surface area contributed by atoms with Gasteiger partial charge in [-0.3, -0.25) is 14.4 Å². The predicted molar refractivity (Wildman–Crippen MR) is 73.7 cm³/mol. The number of fused-ring (bicyclic) bond motifs is 1. The van der Waals surface area contributed by atoms with Crippen molar-refractivity contribution in [1.82, 2.24) is 0 Å². The van der Waals surface area contributed by atoms with E-state index in [-0.39, 0.29) is 16.7 Å². The van der Waals surface area contributed by atoms with Crippen LogP contribution in [-0.4, -0.2) is 21.0 Å². The van der Waals surface area contributed by atoms with Crippen molar-refractivity contribution in [3.63, 3.8) is 0 Å². The third-order valence-electron chi connectivity index (χ3n) is 3.13. The van der Waals surface area contributed by atoms with Crippen LogP contribution in [0.2, 0.25) is 0 Å². The molecule has 1 aromatic carbocycles. The summed E-state index contributed by atoms with van der Waals surface area (Å²) < 4.78 is 12.3. The second-order valence-corrected chi connectivity index (χ2v) is 6.15. The summed E-state index contributed by atoms with van der Waals surface area (Å²) in [5, 5.41) is 7.57. The Labute approximate surface area is 109 Å². The Bertz CT molecular complexity index is 575. The van der Waals surface area contributed by atoms with Crippen molar-refractivity contribution >= 4 is 28.4 Å². The molecule has 0 aliphatic heterocycles. The first kappa shape index (κ1) is 12.9. The third kappa shape index (κ3) is 2.08. The van der Waals surface area contributed by atoms with Crippen LogP contribution < -0.4 is 0 Å². The molecule has 1 aliphatic rings. The van der Waals surface area contributed by atoms with Crippen LogP contribution in [0.3, 0.4) is 0 Å². The molecule has 0 radical (unpaired) electrons. The van der Waals surface area contributed by atoms with Crippen LogP contribution in [0.5, 0.6) is 0 Å². The average Bonchev–Trinajstić information content (AvgIpc) is 2.40. The van der Waals surface area contributed by atoms with Gasteiger partial charge in [0.2, 0.25) is 5.78 Å². The Kier molecular flexibility index (Phi) is 3.57. The summed E-state index contributed by atoms with van der Waals surface area (Å²) >= 11 is 0. The molecule has 1 aliphatic carbocycles. The zero-order valence-corrected chi connectivity index (χ0v) is 11.2. The topological polar surface area (TPSA) is 58.0 Å². The van der Waals surface area contributed by atoms with Gasteiger partial charge in [0.25, 0.3) is 0 Å². The van der Waals surface area contributed by atoms with Crippen LogP contribution in [0, 0.1) is 5.41 Å². The summed E-state index contributed by atoms with van der Waals surface area (Å²) in [7, 11) is -1.12. The van der Waals surface area contributed by atoms with Gasteiger partial charge in [-0.15, -0.1) is 0 Å². The molecule has 0 amide bonds. The molecule has 2 atom stereocenters. The number of benzene rings is 1. The number of carbonyl (C=O) groups excluding carboxylic acids is 1. The Balaban J connectivity index is 2.55. The van der Waals surface area contributed by atoms with Crippen molar-refractivity contribution in [2.45, 2.75) is 30.4 Å². The number of rotatable bonds is 3. The van der Waals surface area contributed by atoms with E-state index in [1.165, 1.54) is 6.08 Å². The Hall–Kier alpha value is -1.55. The Morgan fingerprint density at radius 2 is 2.06 bits per heavy atom. The molecule has 18 heavy (non-hydrogen) atoms. The van der Waals surface area contributed by atoms with Crippen LogP contribution >= 0.6 is 0 Å². The molecular formula is C14H15NO2S. The lowest BCUT2D eigenvalue weighted by Crippen LogP contribution is -2.18. The van der Waals surface area contributed by atoms with Crippen LogP contribution in [0.4, 0.5) is 0 Å². The van der Waals surface area contributed by atoms with E-state index in [0.717, 1.165) is 6.42 Å². The number of hydrogen-bond donors (Lipinski definition) is 1. The molecule has 2 unspecified atom stereocenters. The third-order valence-corrected chi connectivity index (χ3v) is 4.98. The first-order valence-electron chi connectivity index (χ1n) is 5.91. The molecule has 1 aromatic rings. The fourth-order valence-electron chi connectivity index (χ4n) is 1.84. The van der Waals surface area contributed by atoms with Gasteiger partial charge in [-0.1, -0.05) is 32.1 Å². The van der Waals surface area contributed by atoms with Gasteiger partial charge in [0, 0.05) is 21.3 Å². The average molecular weight is 261 g/mol. The molecule has 3 nitrogen and oxygen atoms in total. The number of ketones is 1. The number of carbonyl (C=O) groups is 1. The van der Waals surface area contributed by atoms with Gasteiger partial charge in [0.15, 0.2) is 0 Å². The number of nitrogens with one attached hydrogen (secondary N) is 1. The lowest BCUT2D eigenvalue weighted by molar-refractivity contribution is 0.106. The molecule has 1 N–H and O–H groups in total. The number of allylic oxidation sites excluding steroid dienone is 1. The zero-order chi connectivity index (χ0) is 13.3. The van der Waals surface area contributed by atoms with Gasteiger partial charge >= 0.3 is 0 Å². The molecule has 0 bridgehead atoms. The Morgan fingerprint density at radius 3 is 2.72 bits per heavy atom. The number of hydrogen-bond acceptors (Lipinski definition) is 3.